The fourth-order valence-electron chi connectivity index (χ4n) is 4.29. The first-order valence-corrected chi connectivity index (χ1v) is 8.40. The Hall–Kier alpha value is -0.570. The largest absolute Gasteiger partial charge is 0.338 e. The molecule has 108 valence electrons. The van der Waals surface area contributed by atoms with Gasteiger partial charge in [0.15, 0.2) is 0 Å². The van der Waals surface area contributed by atoms with Crippen LogP contribution in [0.5, 0.6) is 0 Å². The molecule has 2 atom stereocenters. The summed E-state index contributed by atoms with van der Waals surface area (Å²) in [5.41, 5.74) is 0. The summed E-state index contributed by atoms with van der Waals surface area (Å²) >= 11 is 0. The van der Waals surface area contributed by atoms with Crippen LogP contribution in [0.3, 0.4) is 0 Å². The van der Waals surface area contributed by atoms with Crippen molar-refractivity contribution in [3.8, 4) is 0 Å². The van der Waals surface area contributed by atoms with Gasteiger partial charge in [-0.2, -0.15) is 0 Å². The Morgan fingerprint density at radius 1 is 0.895 bits per heavy atom. The topological polar surface area (TPSA) is 32.3 Å². The second-order valence-corrected chi connectivity index (χ2v) is 6.63. The molecule has 2 heterocycles. The molecule has 0 spiro atoms. The summed E-state index contributed by atoms with van der Waals surface area (Å²) < 4.78 is 0. The summed E-state index contributed by atoms with van der Waals surface area (Å²) in [4.78, 5) is 15.1. The van der Waals surface area contributed by atoms with E-state index in [-0.39, 0.29) is 0 Å². The molecule has 3 nitrogen and oxygen atoms in total. The number of hydrogen-bond donors (Lipinski definition) is 1. The first-order valence-electron chi connectivity index (χ1n) is 8.40. The van der Waals surface area contributed by atoms with Gasteiger partial charge in [0.25, 0.3) is 0 Å². The third-order valence-electron chi connectivity index (χ3n) is 5.35. The molecule has 2 saturated heterocycles. The molecule has 19 heavy (non-hydrogen) atoms. The van der Waals surface area contributed by atoms with Crippen molar-refractivity contribution < 1.29 is 4.79 Å². The zero-order chi connectivity index (χ0) is 13.1. The molecule has 0 aromatic rings. The van der Waals surface area contributed by atoms with E-state index in [1.165, 1.54) is 51.4 Å². The maximum atomic E-state index is 12.8. The fraction of sp³-hybridized carbons (Fsp3) is 0.938. The Labute approximate surface area is 117 Å². The highest BCUT2D eigenvalue weighted by atomic mass is 16.2. The smallest absolute Gasteiger partial charge is 0.225 e. The van der Waals surface area contributed by atoms with Gasteiger partial charge in [-0.3, -0.25) is 4.79 Å². The van der Waals surface area contributed by atoms with Gasteiger partial charge in [-0.15, -0.1) is 0 Å². The van der Waals surface area contributed by atoms with Gasteiger partial charge in [0.05, 0.1) is 0 Å². The standard InChI is InChI=1S/C16H28N2O/c19-16(13-7-3-1-2-4-8-13)18-12-6-10-15(18)14-9-5-11-17-14/h13-15,17H,1-12H2. The van der Waals surface area contributed by atoms with Crippen molar-refractivity contribution in [2.75, 3.05) is 13.1 Å². The summed E-state index contributed by atoms with van der Waals surface area (Å²) in [6.45, 7) is 2.16. The monoisotopic (exact) mass is 264 g/mol. The van der Waals surface area contributed by atoms with Crippen LogP contribution in [0.25, 0.3) is 0 Å². The lowest BCUT2D eigenvalue weighted by atomic mass is 9.97. The van der Waals surface area contributed by atoms with Gasteiger partial charge in [-0.25, -0.2) is 0 Å². The van der Waals surface area contributed by atoms with E-state index >= 15 is 0 Å². The molecule has 0 radical (unpaired) electrons. The van der Waals surface area contributed by atoms with Crippen molar-refractivity contribution in [2.24, 2.45) is 5.92 Å². The van der Waals surface area contributed by atoms with Crippen LogP contribution in [0.2, 0.25) is 0 Å². The van der Waals surface area contributed by atoms with Crippen LogP contribution in [-0.2, 0) is 4.79 Å². The number of hydrogen-bond acceptors (Lipinski definition) is 2. The lowest BCUT2D eigenvalue weighted by molar-refractivity contribution is -0.137. The summed E-state index contributed by atoms with van der Waals surface area (Å²) in [6.07, 6.45) is 12.4. The Bertz CT molecular complexity index is 304. The Morgan fingerprint density at radius 2 is 1.68 bits per heavy atom. The highest BCUT2D eigenvalue weighted by molar-refractivity contribution is 5.79. The number of nitrogens with zero attached hydrogens (tertiary/aromatic N) is 1. The molecule has 0 bridgehead atoms. The van der Waals surface area contributed by atoms with Crippen LogP contribution < -0.4 is 5.32 Å². The number of nitrogens with one attached hydrogen (secondary N) is 1. The summed E-state index contributed by atoms with van der Waals surface area (Å²) in [5, 5.41) is 3.60. The minimum atomic E-state index is 0.338. The lowest BCUT2D eigenvalue weighted by Gasteiger charge is -2.32. The molecular formula is C16H28N2O. The second kappa shape index (κ2) is 6.25. The Kier molecular flexibility index (Phi) is 4.42. The van der Waals surface area contributed by atoms with Crippen LogP contribution in [0, 0.1) is 5.92 Å². The molecule has 3 heteroatoms. The van der Waals surface area contributed by atoms with Crippen molar-refractivity contribution in [1.82, 2.24) is 10.2 Å². The molecule has 3 fully saturated rings. The highest BCUT2D eigenvalue weighted by Crippen LogP contribution is 2.30. The van der Waals surface area contributed by atoms with E-state index in [1.54, 1.807) is 0 Å². The predicted octanol–water partition coefficient (Wildman–Crippen LogP) is 2.70. The van der Waals surface area contributed by atoms with Crippen LogP contribution in [-0.4, -0.2) is 36.0 Å². The Morgan fingerprint density at radius 3 is 2.37 bits per heavy atom. The average Bonchev–Trinajstić information content (AvgIpc) is 3.03. The number of amides is 1. The van der Waals surface area contributed by atoms with Crippen LogP contribution in [0.15, 0.2) is 0 Å². The molecule has 1 N–H and O–H groups in total. The maximum absolute atomic E-state index is 12.8. The molecule has 3 rings (SSSR count). The molecule has 1 amide bonds. The van der Waals surface area contributed by atoms with Gasteiger partial charge < -0.3 is 10.2 Å². The molecule has 1 saturated carbocycles. The van der Waals surface area contributed by atoms with E-state index in [0.29, 0.717) is 23.9 Å². The minimum Gasteiger partial charge on any atom is -0.338 e. The number of likely N-dealkylation sites (tertiary alicyclic amines) is 1. The number of carbonyl (C=O) groups is 1. The minimum absolute atomic E-state index is 0.338. The first-order chi connectivity index (χ1) is 9.36. The molecule has 3 aliphatic rings. The van der Waals surface area contributed by atoms with Crippen molar-refractivity contribution in [1.29, 1.82) is 0 Å². The molecule has 0 aromatic carbocycles. The third-order valence-corrected chi connectivity index (χ3v) is 5.35. The van der Waals surface area contributed by atoms with Gasteiger partial charge in [0.1, 0.15) is 0 Å². The quantitative estimate of drug-likeness (QED) is 0.778. The maximum Gasteiger partial charge on any atom is 0.225 e. The zero-order valence-corrected chi connectivity index (χ0v) is 12.1. The summed E-state index contributed by atoms with van der Waals surface area (Å²) in [6, 6.07) is 1.08. The van der Waals surface area contributed by atoms with E-state index in [2.05, 4.69) is 10.2 Å². The van der Waals surface area contributed by atoms with Crippen molar-refractivity contribution in [3.05, 3.63) is 0 Å². The normalized spacial score (nSPS) is 33.6. The fourth-order valence-corrected chi connectivity index (χ4v) is 4.29. The van der Waals surface area contributed by atoms with Gasteiger partial charge in [0.2, 0.25) is 5.91 Å². The molecule has 0 aromatic heterocycles. The molecule has 1 aliphatic carbocycles. The van der Waals surface area contributed by atoms with Gasteiger partial charge in [-0.05, 0) is 45.1 Å². The van der Waals surface area contributed by atoms with E-state index in [9.17, 15) is 4.79 Å². The molecular weight excluding hydrogens is 236 g/mol. The highest BCUT2D eigenvalue weighted by Gasteiger charge is 2.38. The first kappa shape index (κ1) is 13.4. The average molecular weight is 264 g/mol. The van der Waals surface area contributed by atoms with Gasteiger partial charge in [-0.1, -0.05) is 25.7 Å². The van der Waals surface area contributed by atoms with E-state index in [4.69, 9.17) is 0 Å². The van der Waals surface area contributed by atoms with E-state index < -0.39 is 0 Å². The SMILES string of the molecule is O=C(C1CCCCCC1)N1CCCC1C1CCCN1. The molecule has 2 unspecified atom stereocenters. The van der Waals surface area contributed by atoms with Crippen LogP contribution >= 0.6 is 0 Å². The van der Waals surface area contributed by atoms with E-state index in [1.807, 2.05) is 0 Å². The number of rotatable bonds is 2. The predicted molar refractivity (Wildman–Crippen MR) is 77.0 cm³/mol. The van der Waals surface area contributed by atoms with Crippen LogP contribution in [0.4, 0.5) is 0 Å². The van der Waals surface area contributed by atoms with Gasteiger partial charge in [0, 0.05) is 24.5 Å². The third kappa shape index (κ3) is 2.96. The Balaban J connectivity index is 1.63. The van der Waals surface area contributed by atoms with Crippen LogP contribution in [0.1, 0.15) is 64.2 Å². The van der Waals surface area contributed by atoms with E-state index in [0.717, 1.165) is 25.9 Å². The van der Waals surface area contributed by atoms with Crippen molar-refractivity contribution in [2.45, 2.75) is 76.3 Å². The zero-order valence-electron chi connectivity index (χ0n) is 12.1. The number of carbonyl (C=O) groups excluding carboxylic acids is 1. The summed E-state index contributed by atoms with van der Waals surface area (Å²) in [7, 11) is 0. The van der Waals surface area contributed by atoms with Gasteiger partial charge >= 0.3 is 0 Å². The lowest BCUT2D eigenvalue weighted by Crippen LogP contribution is -2.48. The van der Waals surface area contributed by atoms with Crippen molar-refractivity contribution in [3.63, 3.8) is 0 Å². The summed E-state index contributed by atoms with van der Waals surface area (Å²) in [5.74, 6) is 0.822. The second-order valence-electron chi connectivity index (χ2n) is 6.63. The van der Waals surface area contributed by atoms with Crippen molar-refractivity contribution >= 4 is 5.91 Å². The molecule has 2 aliphatic heterocycles.